The van der Waals surface area contributed by atoms with E-state index < -0.39 is 10.0 Å². The number of sulfonamides is 1. The quantitative estimate of drug-likeness (QED) is 0.942. The summed E-state index contributed by atoms with van der Waals surface area (Å²) in [5, 5.41) is 0. The molecule has 0 unspecified atom stereocenters. The molecule has 0 saturated heterocycles. The van der Waals surface area contributed by atoms with Crippen molar-refractivity contribution in [3.63, 3.8) is 0 Å². The highest BCUT2D eigenvalue weighted by Gasteiger charge is 2.27. The number of benzene rings is 2. The molecule has 2 aromatic rings. The van der Waals surface area contributed by atoms with E-state index in [1.807, 2.05) is 0 Å². The molecule has 0 spiro atoms. The molecule has 21 heavy (non-hydrogen) atoms. The molecular weight excluding hydrogens is 309 g/mol. The molecule has 1 aliphatic rings. The van der Waals surface area contributed by atoms with Crippen LogP contribution >= 0.6 is 11.8 Å². The largest absolute Gasteiger partial charge is 0.241 e. The third kappa shape index (κ3) is 2.97. The lowest BCUT2D eigenvalue weighted by Gasteiger charge is -2.26. The van der Waals surface area contributed by atoms with E-state index in [2.05, 4.69) is 4.72 Å². The van der Waals surface area contributed by atoms with Crippen molar-refractivity contribution in [3.8, 4) is 0 Å². The van der Waals surface area contributed by atoms with Gasteiger partial charge >= 0.3 is 0 Å². The highest BCUT2D eigenvalue weighted by Crippen LogP contribution is 2.38. The molecule has 0 bridgehead atoms. The lowest BCUT2D eigenvalue weighted by molar-refractivity contribution is 0.533. The Morgan fingerprint density at radius 2 is 1.86 bits per heavy atom. The van der Waals surface area contributed by atoms with Crippen LogP contribution in [0.3, 0.4) is 0 Å². The van der Waals surface area contributed by atoms with Crippen LogP contribution in [0.5, 0.6) is 0 Å². The molecule has 3 nitrogen and oxygen atoms in total. The number of nitrogens with one attached hydrogen (secondary N) is 1. The Hall–Kier alpha value is -1.37. The number of halogens is 1. The smallest absolute Gasteiger partial charge is 0.207 e. The average Bonchev–Trinajstić information content (AvgIpc) is 2.49. The van der Waals surface area contributed by atoms with E-state index >= 15 is 0 Å². The number of hydrogen-bond donors (Lipinski definition) is 1. The Morgan fingerprint density at radius 3 is 2.62 bits per heavy atom. The molecule has 1 aliphatic heterocycles. The zero-order chi connectivity index (χ0) is 14.9. The zero-order valence-electron chi connectivity index (χ0n) is 11.1. The lowest BCUT2D eigenvalue weighted by Crippen LogP contribution is -2.31. The van der Waals surface area contributed by atoms with Crippen molar-refractivity contribution < 1.29 is 12.8 Å². The van der Waals surface area contributed by atoms with Crippen LogP contribution in [0.4, 0.5) is 4.39 Å². The second-order valence-corrected chi connectivity index (χ2v) is 7.60. The molecule has 1 heterocycles. The molecule has 1 N–H and O–H groups in total. The molecule has 3 rings (SSSR count). The summed E-state index contributed by atoms with van der Waals surface area (Å²) in [5.41, 5.74) is 0.714. The maximum atomic E-state index is 13.8. The minimum atomic E-state index is -3.60. The first-order chi connectivity index (χ1) is 10.1. The minimum Gasteiger partial charge on any atom is -0.207 e. The van der Waals surface area contributed by atoms with Crippen LogP contribution < -0.4 is 4.72 Å². The fourth-order valence-corrected chi connectivity index (χ4v) is 4.78. The fourth-order valence-electron chi connectivity index (χ4n) is 2.36. The van der Waals surface area contributed by atoms with Gasteiger partial charge in [0.2, 0.25) is 10.0 Å². The summed E-state index contributed by atoms with van der Waals surface area (Å²) in [6.45, 7) is 0. The van der Waals surface area contributed by atoms with Gasteiger partial charge in [0.05, 0.1) is 4.90 Å². The standard InChI is InChI=1S/C15H14FNO2S2/c16-13-8-4-7-12-14(9-10-20-15(12)13)17-21(18,19)11-5-2-1-3-6-11/h1-8,14,17H,9-10H2/t14-/m0/s1. The molecule has 0 saturated carbocycles. The first-order valence-electron chi connectivity index (χ1n) is 6.56. The monoisotopic (exact) mass is 323 g/mol. The first-order valence-corrected chi connectivity index (χ1v) is 9.03. The highest BCUT2D eigenvalue weighted by atomic mass is 32.2. The molecule has 2 aromatic carbocycles. The Labute approximate surface area is 127 Å². The van der Waals surface area contributed by atoms with Crippen LogP contribution in [-0.4, -0.2) is 14.2 Å². The second-order valence-electron chi connectivity index (χ2n) is 4.78. The molecule has 0 amide bonds. The summed E-state index contributed by atoms with van der Waals surface area (Å²) in [6, 6.07) is 12.6. The maximum Gasteiger partial charge on any atom is 0.241 e. The summed E-state index contributed by atoms with van der Waals surface area (Å²) in [7, 11) is -3.60. The van der Waals surface area contributed by atoms with Gasteiger partial charge in [-0.05, 0) is 35.9 Å². The highest BCUT2D eigenvalue weighted by molar-refractivity contribution is 7.99. The summed E-state index contributed by atoms with van der Waals surface area (Å²) < 4.78 is 41.3. The van der Waals surface area contributed by atoms with Gasteiger partial charge in [-0.25, -0.2) is 17.5 Å². The Bertz CT molecular complexity index is 748. The van der Waals surface area contributed by atoms with E-state index in [1.54, 1.807) is 42.5 Å². The molecule has 6 heteroatoms. The van der Waals surface area contributed by atoms with Crippen LogP contribution in [0.2, 0.25) is 0 Å². The average molecular weight is 323 g/mol. The van der Waals surface area contributed by atoms with Gasteiger partial charge in [0.1, 0.15) is 5.82 Å². The van der Waals surface area contributed by atoms with Crippen LogP contribution in [0.1, 0.15) is 18.0 Å². The SMILES string of the molecule is O=S(=O)(N[C@H]1CCSc2c(F)cccc21)c1ccccc1. The van der Waals surface area contributed by atoms with Gasteiger partial charge < -0.3 is 0 Å². The van der Waals surface area contributed by atoms with E-state index in [4.69, 9.17) is 0 Å². The van der Waals surface area contributed by atoms with Crippen LogP contribution in [0, 0.1) is 5.82 Å². The summed E-state index contributed by atoms with van der Waals surface area (Å²) in [5.74, 6) is 0.400. The normalized spacial score (nSPS) is 18.2. The second kappa shape index (κ2) is 5.79. The van der Waals surface area contributed by atoms with Crippen molar-refractivity contribution in [1.29, 1.82) is 0 Å². The molecular formula is C15H14FNO2S2. The number of fused-ring (bicyclic) bond motifs is 1. The fraction of sp³-hybridized carbons (Fsp3) is 0.200. The van der Waals surface area contributed by atoms with Gasteiger partial charge in [-0.2, -0.15) is 0 Å². The Morgan fingerprint density at radius 1 is 1.10 bits per heavy atom. The molecule has 0 radical (unpaired) electrons. The number of thioether (sulfide) groups is 1. The molecule has 110 valence electrons. The van der Waals surface area contributed by atoms with Crippen LogP contribution in [0.15, 0.2) is 58.3 Å². The van der Waals surface area contributed by atoms with E-state index in [-0.39, 0.29) is 16.8 Å². The van der Waals surface area contributed by atoms with Crippen molar-refractivity contribution in [2.24, 2.45) is 0 Å². The van der Waals surface area contributed by atoms with Gasteiger partial charge in [0.25, 0.3) is 0 Å². The van der Waals surface area contributed by atoms with Crippen LogP contribution in [-0.2, 0) is 10.0 Å². The van der Waals surface area contributed by atoms with Crippen molar-refractivity contribution in [2.45, 2.75) is 22.3 Å². The molecule has 0 aromatic heterocycles. The van der Waals surface area contributed by atoms with Gasteiger partial charge in [0, 0.05) is 10.9 Å². The predicted molar refractivity (Wildman–Crippen MR) is 81.2 cm³/mol. The number of rotatable bonds is 3. The number of hydrogen-bond acceptors (Lipinski definition) is 3. The van der Waals surface area contributed by atoms with E-state index in [9.17, 15) is 12.8 Å². The van der Waals surface area contributed by atoms with Crippen molar-refractivity contribution in [3.05, 3.63) is 59.9 Å². The third-order valence-electron chi connectivity index (χ3n) is 3.38. The summed E-state index contributed by atoms with van der Waals surface area (Å²) >= 11 is 1.43. The Kier molecular flexibility index (Phi) is 4.01. The topological polar surface area (TPSA) is 46.2 Å². The first kappa shape index (κ1) is 14.6. The van der Waals surface area contributed by atoms with Crippen LogP contribution in [0.25, 0.3) is 0 Å². The zero-order valence-corrected chi connectivity index (χ0v) is 12.8. The van der Waals surface area contributed by atoms with Crippen molar-refractivity contribution >= 4 is 21.8 Å². The molecule has 0 aliphatic carbocycles. The van der Waals surface area contributed by atoms with Gasteiger partial charge in [-0.1, -0.05) is 30.3 Å². The molecule has 0 fully saturated rings. The van der Waals surface area contributed by atoms with Gasteiger partial charge in [-0.3, -0.25) is 0 Å². The Balaban J connectivity index is 1.93. The van der Waals surface area contributed by atoms with Crippen molar-refractivity contribution in [2.75, 3.05) is 5.75 Å². The van der Waals surface area contributed by atoms with Crippen molar-refractivity contribution in [1.82, 2.24) is 4.72 Å². The van der Waals surface area contributed by atoms with E-state index in [0.29, 0.717) is 22.6 Å². The lowest BCUT2D eigenvalue weighted by atomic mass is 10.0. The van der Waals surface area contributed by atoms with Gasteiger partial charge in [0.15, 0.2) is 0 Å². The van der Waals surface area contributed by atoms with E-state index in [0.717, 1.165) is 0 Å². The predicted octanol–water partition coefficient (Wildman–Crippen LogP) is 3.34. The summed E-state index contributed by atoms with van der Waals surface area (Å²) in [6.07, 6.45) is 0.646. The molecule has 1 atom stereocenters. The minimum absolute atomic E-state index is 0.223. The van der Waals surface area contributed by atoms with E-state index in [1.165, 1.54) is 17.8 Å². The van der Waals surface area contributed by atoms with Gasteiger partial charge in [-0.15, -0.1) is 11.8 Å². The third-order valence-corrected chi connectivity index (χ3v) is 6.02. The maximum absolute atomic E-state index is 13.8. The summed E-state index contributed by atoms with van der Waals surface area (Å²) in [4.78, 5) is 0.769.